The van der Waals surface area contributed by atoms with Crippen LogP contribution in [0.3, 0.4) is 0 Å². The molecule has 0 aromatic heterocycles. The van der Waals surface area contributed by atoms with Gasteiger partial charge in [-0.25, -0.2) is 0 Å². The van der Waals surface area contributed by atoms with Crippen LogP contribution in [0.1, 0.15) is 39.2 Å². The lowest BCUT2D eigenvalue weighted by Crippen LogP contribution is -2.63. The standard InChI is InChI=1S/C20H28O2Si/c1-4-16-21-23(22-17-5-2,19-10-8-7-9-11-19)20-14-12-18(6-3)13-15-20/h7-15H,4-6,16-17H2,1-3H3. The second-order valence-corrected chi connectivity index (χ2v) is 8.70. The summed E-state index contributed by atoms with van der Waals surface area (Å²) < 4.78 is 12.9. The Morgan fingerprint density at radius 1 is 0.696 bits per heavy atom. The van der Waals surface area contributed by atoms with Crippen LogP contribution in [0.5, 0.6) is 0 Å². The van der Waals surface area contributed by atoms with Crippen LogP contribution >= 0.6 is 0 Å². The molecule has 0 radical (unpaired) electrons. The van der Waals surface area contributed by atoms with E-state index in [1.54, 1.807) is 0 Å². The lowest BCUT2D eigenvalue weighted by atomic mass is 10.2. The van der Waals surface area contributed by atoms with Gasteiger partial charge in [-0.3, -0.25) is 0 Å². The zero-order chi connectivity index (χ0) is 16.5. The third kappa shape index (κ3) is 4.31. The minimum atomic E-state index is -2.63. The van der Waals surface area contributed by atoms with E-state index in [0.29, 0.717) is 0 Å². The molecule has 0 N–H and O–H groups in total. The largest absolute Gasteiger partial charge is 0.407 e. The topological polar surface area (TPSA) is 18.5 Å². The van der Waals surface area contributed by atoms with Gasteiger partial charge in [0.25, 0.3) is 0 Å². The van der Waals surface area contributed by atoms with Gasteiger partial charge in [-0.05, 0) is 35.2 Å². The molecule has 2 nitrogen and oxygen atoms in total. The summed E-state index contributed by atoms with van der Waals surface area (Å²) in [6.07, 6.45) is 3.03. The summed E-state index contributed by atoms with van der Waals surface area (Å²) in [5.41, 5.74) is 1.34. The van der Waals surface area contributed by atoms with Gasteiger partial charge in [-0.1, -0.05) is 75.4 Å². The van der Waals surface area contributed by atoms with Gasteiger partial charge in [0, 0.05) is 13.2 Å². The van der Waals surface area contributed by atoms with Crippen molar-refractivity contribution in [3.05, 3.63) is 60.2 Å². The molecule has 0 spiro atoms. The molecule has 124 valence electrons. The highest BCUT2D eigenvalue weighted by atomic mass is 28.4. The highest BCUT2D eigenvalue weighted by Crippen LogP contribution is 2.12. The molecule has 0 bridgehead atoms. The van der Waals surface area contributed by atoms with E-state index < -0.39 is 8.56 Å². The van der Waals surface area contributed by atoms with Crippen molar-refractivity contribution in [3.63, 3.8) is 0 Å². The second-order valence-electron chi connectivity index (χ2n) is 5.73. The molecular weight excluding hydrogens is 300 g/mol. The fourth-order valence-corrected chi connectivity index (χ4v) is 5.95. The summed E-state index contributed by atoms with van der Waals surface area (Å²) in [7, 11) is -2.63. The van der Waals surface area contributed by atoms with E-state index >= 15 is 0 Å². The lowest BCUT2D eigenvalue weighted by molar-refractivity contribution is 0.191. The van der Waals surface area contributed by atoms with Crippen molar-refractivity contribution in [1.29, 1.82) is 0 Å². The smallest absolute Gasteiger partial charge is 0.388 e. The van der Waals surface area contributed by atoms with E-state index in [-0.39, 0.29) is 0 Å². The molecule has 0 heterocycles. The molecule has 0 aliphatic heterocycles. The Bertz CT molecular complexity index is 558. The number of hydrogen-bond donors (Lipinski definition) is 0. The fraction of sp³-hybridized carbons (Fsp3) is 0.400. The van der Waals surface area contributed by atoms with Crippen molar-refractivity contribution in [2.24, 2.45) is 0 Å². The predicted octanol–water partition coefficient (Wildman–Crippen LogP) is 3.66. The van der Waals surface area contributed by atoms with E-state index in [4.69, 9.17) is 8.85 Å². The monoisotopic (exact) mass is 328 g/mol. The molecule has 0 aliphatic carbocycles. The zero-order valence-electron chi connectivity index (χ0n) is 14.5. The van der Waals surface area contributed by atoms with Crippen molar-refractivity contribution < 1.29 is 8.85 Å². The maximum Gasteiger partial charge on any atom is 0.407 e. The van der Waals surface area contributed by atoms with Crippen molar-refractivity contribution in [3.8, 4) is 0 Å². The van der Waals surface area contributed by atoms with Crippen LogP contribution in [0.4, 0.5) is 0 Å². The average molecular weight is 329 g/mol. The number of rotatable bonds is 9. The van der Waals surface area contributed by atoms with E-state index in [9.17, 15) is 0 Å². The molecule has 0 aliphatic rings. The van der Waals surface area contributed by atoms with E-state index in [1.807, 2.05) is 6.07 Å². The Kier molecular flexibility index (Phi) is 7.03. The Hall–Kier alpha value is -1.42. The predicted molar refractivity (Wildman–Crippen MR) is 99.8 cm³/mol. The minimum absolute atomic E-state index is 0.723. The minimum Gasteiger partial charge on any atom is -0.388 e. The maximum absolute atomic E-state index is 6.44. The first-order chi connectivity index (χ1) is 11.3. The molecule has 0 unspecified atom stereocenters. The highest BCUT2D eigenvalue weighted by molar-refractivity contribution is 6.92. The molecular formula is C20H28O2Si. The SMILES string of the molecule is CCCO[Si](OCCC)(c1ccccc1)c1ccc(CC)cc1. The van der Waals surface area contributed by atoms with Gasteiger partial charge in [0.1, 0.15) is 0 Å². The number of aryl methyl sites for hydroxylation is 1. The molecule has 2 rings (SSSR count). The third-order valence-corrected chi connectivity index (χ3v) is 7.32. The molecule has 0 saturated heterocycles. The van der Waals surface area contributed by atoms with Gasteiger partial charge in [-0.15, -0.1) is 0 Å². The van der Waals surface area contributed by atoms with Crippen molar-refractivity contribution in [2.45, 2.75) is 40.0 Å². The van der Waals surface area contributed by atoms with Crippen molar-refractivity contribution >= 4 is 18.9 Å². The van der Waals surface area contributed by atoms with Crippen LogP contribution in [0.15, 0.2) is 54.6 Å². The first-order valence-electron chi connectivity index (χ1n) is 8.69. The summed E-state index contributed by atoms with van der Waals surface area (Å²) in [5.74, 6) is 0. The Morgan fingerprint density at radius 3 is 1.70 bits per heavy atom. The fourth-order valence-electron chi connectivity index (χ4n) is 2.65. The van der Waals surface area contributed by atoms with Crippen molar-refractivity contribution in [2.75, 3.05) is 13.2 Å². The molecule has 0 amide bonds. The summed E-state index contributed by atoms with van der Waals surface area (Å²) in [5, 5.41) is 2.38. The molecule has 2 aromatic rings. The molecule has 0 fully saturated rings. The molecule has 2 aromatic carbocycles. The highest BCUT2D eigenvalue weighted by Gasteiger charge is 2.42. The van der Waals surface area contributed by atoms with Gasteiger partial charge < -0.3 is 8.85 Å². The summed E-state index contributed by atoms with van der Waals surface area (Å²) in [6, 6.07) is 19.3. The third-order valence-electron chi connectivity index (χ3n) is 3.91. The van der Waals surface area contributed by atoms with Crippen LogP contribution in [0, 0.1) is 0 Å². The maximum atomic E-state index is 6.44. The quantitative estimate of drug-likeness (QED) is 0.654. The Labute approximate surface area is 141 Å². The summed E-state index contributed by atoms with van der Waals surface area (Å²) in [6.45, 7) is 7.91. The van der Waals surface area contributed by atoms with Crippen molar-refractivity contribution in [1.82, 2.24) is 0 Å². The summed E-state index contributed by atoms with van der Waals surface area (Å²) >= 11 is 0. The molecule has 23 heavy (non-hydrogen) atoms. The van der Waals surface area contributed by atoms with Crippen LogP contribution in [-0.4, -0.2) is 21.8 Å². The Balaban J connectivity index is 2.49. The van der Waals surface area contributed by atoms with Gasteiger partial charge in [0.05, 0.1) is 0 Å². The van der Waals surface area contributed by atoms with Gasteiger partial charge in [0.15, 0.2) is 0 Å². The average Bonchev–Trinajstić information content (AvgIpc) is 2.63. The van der Waals surface area contributed by atoms with Crippen LogP contribution in [0.2, 0.25) is 0 Å². The van der Waals surface area contributed by atoms with Gasteiger partial charge in [-0.2, -0.15) is 0 Å². The van der Waals surface area contributed by atoms with Crippen LogP contribution < -0.4 is 10.4 Å². The van der Waals surface area contributed by atoms with Gasteiger partial charge >= 0.3 is 8.56 Å². The zero-order valence-corrected chi connectivity index (χ0v) is 15.5. The Morgan fingerprint density at radius 2 is 1.22 bits per heavy atom. The molecule has 3 heteroatoms. The van der Waals surface area contributed by atoms with Gasteiger partial charge in [0.2, 0.25) is 0 Å². The molecule has 0 atom stereocenters. The molecule has 0 saturated carbocycles. The van der Waals surface area contributed by atoms with E-state index in [0.717, 1.165) is 32.5 Å². The first-order valence-corrected chi connectivity index (χ1v) is 10.5. The summed E-state index contributed by atoms with van der Waals surface area (Å²) in [4.78, 5) is 0. The van der Waals surface area contributed by atoms with E-state index in [2.05, 4.69) is 69.3 Å². The van der Waals surface area contributed by atoms with Crippen LogP contribution in [0.25, 0.3) is 0 Å². The first kappa shape index (κ1) is 17.9. The normalized spacial score (nSPS) is 11.6. The second kappa shape index (κ2) is 9.01. The lowest BCUT2D eigenvalue weighted by Gasteiger charge is -2.31. The number of hydrogen-bond acceptors (Lipinski definition) is 2. The van der Waals surface area contributed by atoms with Crippen LogP contribution in [-0.2, 0) is 15.3 Å². The number of benzene rings is 2. The van der Waals surface area contributed by atoms with E-state index in [1.165, 1.54) is 15.9 Å².